The number of hydrogen-bond acceptors (Lipinski definition) is 3. The van der Waals surface area contributed by atoms with Crippen LogP contribution in [0.5, 0.6) is 0 Å². The first-order valence-electron chi connectivity index (χ1n) is 5.25. The highest BCUT2D eigenvalue weighted by Crippen LogP contribution is 2.16. The van der Waals surface area contributed by atoms with Crippen LogP contribution in [0.3, 0.4) is 0 Å². The predicted octanol–water partition coefficient (Wildman–Crippen LogP) is 2.55. The number of aliphatic hydroxyl groups is 1. The van der Waals surface area contributed by atoms with Gasteiger partial charge in [-0.05, 0) is 16.8 Å². The molecule has 4 heteroatoms. The number of fused-ring (bicyclic) bond motifs is 1. The highest BCUT2D eigenvalue weighted by atomic mass is 16.4. The van der Waals surface area contributed by atoms with Crippen molar-refractivity contribution in [2.75, 3.05) is 0 Å². The molecule has 2 aromatic carbocycles. The summed E-state index contributed by atoms with van der Waals surface area (Å²) < 4.78 is 0. The Bertz CT molecular complexity index is 656. The second-order valence-corrected chi connectivity index (χ2v) is 3.76. The topological polar surface area (TPSA) is 74.6 Å². The summed E-state index contributed by atoms with van der Waals surface area (Å²) in [5.74, 6) is -3.03. The van der Waals surface area contributed by atoms with E-state index in [4.69, 9.17) is 10.2 Å². The Morgan fingerprint density at radius 2 is 1.61 bits per heavy atom. The molecule has 0 fully saturated rings. The molecule has 0 unspecified atom stereocenters. The first kappa shape index (κ1) is 11.9. The molecular formula is C14H10O4. The van der Waals surface area contributed by atoms with E-state index in [-0.39, 0.29) is 0 Å². The van der Waals surface area contributed by atoms with Gasteiger partial charge in [0.25, 0.3) is 0 Å². The summed E-state index contributed by atoms with van der Waals surface area (Å²) in [6, 6.07) is 12.5. The van der Waals surface area contributed by atoms with Gasteiger partial charge in [-0.3, -0.25) is 4.79 Å². The minimum Gasteiger partial charge on any atom is -0.502 e. The number of carboxylic acid groups (broad SMARTS) is 1. The van der Waals surface area contributed by atoms with Crippen LogP contribution in [0.4, 0.5) is 0 Å². The average molecular weight is 242 g/mol. The first-order chi connectivity index (χ1) is 8.58. The van der Waals surface area contributed by atoms with Crippen molar-refractivity contribution in [1.82, 2.24) is 0 Å². The molecule has 0 aliphatic carbocycles. The summed E-state index contributed by atoms with van der Waals surface area (Å²) in [5, 5.41) is 19.4. The van der Waals surface area contributed by atoms with E-state index in [2.05, 4.69) is 0 Å². The second-order valence-electron chi connectivity index (χ2n) is 3.76. The van der Waals surface area contributed by atoms with E-state index >= 15 is 0 Å². The van der Waals surface area contributed by atoms with Gasteiger partial charge in [0.2, 0.25) is 5.76 Å². The molecule has 0 amide bonds. The van der Waals surface area contributed by atoms with Gasteiger partial charge >= 0.3 is 5.97 Å². The smallest absolute Gasteiger partial charge is 0.371 e. The number of allylic oxidation sites excluding steroid dienone is 1. The van der Waals surface area contributed by atoms with Gasteiger partial charge in [0.05, 0.1) is 0 Å². The Hall–Kier alpha value is -2.62. The number of carbonyl (C=O) groups excluding carboxylic acids is 1. The van der Waals surface area contributed by atoms with Gasteiger partial charge in [-0.1, -0.05) is 36.4 Å². The molecule has 2 aromatic rings. The molecule has 0 atom stereocenters. The SMILES string of the molecule is O=C(O)C(O)=CC(=O)c1ccc2ccccc2c1. The standard InChI is InChI=1S/C14H10O4/c15-12(8-13(16)14(17)18)11-6-5-9-3-1-2-4-10(9)7-11/h1-8,16H,(H,17,18). The van der Waals surface area contributed by atoms with Crippen molar-refractivity contribution in [2.24, 2.45) is 0 Å². The van der Waals surface area contributed by atoms with Gasteiger partial charge < -0.3 is 10.2 Å². The van der Waals surface area contributed by atoms with Crippen molar-refractivity contribution in [1.29, 1.82) is 0 Å². The first-order valence-corrected chi connectivity index (χ1v) is 5.25. The number of aliphatic carboxylic acids is 1. The van der Waals surface area contributed by atoms with Crippen LogP contribution in [0.2, 0.25) is 0 Å². The van der Waals surface area contributed by atoms with Crippen LogP contribution in [-0.2, 0) is 4.79 Å². The summed E-state index contributed by atoms with van der Waals surface area (Å²) >= 11 is 0. The zero-order valence-electron chi connectivity index (χ0n) is 9.33. The molecule has 0 aliphatic rings. The Kier molecular flexibility index (Phi) is 3.10. The Morgan fingerprint density at radius 1 is 0.944 bits per heavy atom. The van der Waals surface area contributed by atoms with Gasteiger partial charge in [-0.15, -0.1) is 0 Å². The third-order valence-corrected chi connectivity index (χ3v) is 2.52. The number of carboxylic acids is 1. The number of carbonyl (C=O) groups is 2. The number of ketones is 1. The highest BCUT2D eigenvalue weighted by Gasteiger charge is 2.09. The van der Waals surface area contributed by atoms with Crippen molar-refractivity contribution in [3.05, 3.63) is 59.9 Å². The van der Waals surface area contributed by atoms with Crippen LogP contribution in [0.15, 0.2) is 54.3 Å². The second kappa shape index (κ2) is 4.71. The minimum absolute atomic E-state index is 0.335. The van der Waals surface area contributed by atoms with Crippen molar-refractivity contribution in [2.45, 2.75) is 0 Å². The molecule has 0 aromatic heterocycles. The molecule has 0 aliphatic heterocycles. The van der Waals surface area contributed by atoms with Crippen molar-refractivity contribution in [3.63, 3.8) is 0 Å². The zero-order valence-corrected chi connectivity index (χ0v) is 9.33. The van der Waals surface area contributed by atoms with Gasteiger partial charge in [-0.2, -0.15) is 0 Å². The summed E-state index contributed by atoms with van der Waals surface area (Å²) in [6.07, 6.45) is 0.701. The Labute approximate surface area is 103 Å². The fourth-order valence-corrected chi connectivity index (χ4v) is 1.61. The zero-order chi connectivity index (χ0) is 13.1. The molecule has 4 nitrogen and oxygen atoms in total. The summed E-state index contributed by atoms with van der Waals surface area (Å²) in [7, 11) is 0. The summed E-state index contributed by atoms with van der Waals surface area (Å²) in [5.41, 5.74) is 0.335. The van der Waals surface area contributed by atoms with E-state index in [0.717, 1.165) is 10.8 Å². The molecule has 0 saturated carbocycles. The molecule has 2 rings (SSSR count). The molecule has 90 valence electrons. The number of aliphatic hydroxyl groups excluding tert-OH is 1. The lowest BCUT2D eigenvalue weighted by Gasteiger charge is -2.00. The van der Waals surface area contributed by atoms with Crippen LogP contribution >= 0.6 is 0 Å². The van der Waals surface area contributed by atoms with Crippen LogP contribution in [-0.4, -0.2) is 22.0 Å². The van der Waals surface area contributed by atoms with E-state index in [9.17, 15) is 9.59 Å². The number of benzene rings is 2. The maximum absolute atomic E-state index is 11.7. The minimum atomic E-state index is -1.52. The predicted molar refractivity (Wildman–Crippen MR) is 66.6 cm³/mol. The Balaban J connectivity index is 2.40. The van der Waals surface area contributed by atoms with Gasteiger partial charge in [0.15, 0.2) is 5.78 Å². The third-order valence-electron chi connectivity index (χ3n) is 2.52. The van der Waals surface area contributed by atoms with Gasteiger partial charge in [-0.25, -0.2) is 4.79 Å². The summed E-state index contributed by atoms with van der Waals surface area (Å²) in [6.45, 7) is 0. The third kappa shape index (κ3) is 2.38. The highest BCUT2D eigenvalue weighted by molar-refractivity contribution is 6.09. The molecule has 0 spiro atoms. The van der Waals surface area contributed by atoms with Crippen molar-refractivity contribution in [3.8, 4) is 0 Å². The van der Waals surface area contributed by atoms with Crippen molar-refractivity contribution >= 4 is 22.5 Å². The van der Waals surface area contributed by atoms with Crippen molar-refractivity contribution < 1.29 is 19.8 Å². The molecule has 2 N–H and O–H groups in total. The fourth-order valence-electron chi connectivity index (χ4n) is 1.61. The monoisotopic (exact) mass is 242 g/mol. The van der Waals surface area contributed by atoms with E-state index in [0.29, 0.717) is 11.6 Å². The maximum Gasteiger partial charge on any atom is 0.371 e. The largest absolute Gasteiger partial charge is 0.502 e. The lowest BCUT2D eigenvalue weighted by molar-refractivity contribution is -0.135. The average Bonchev–Trinajstić information content (AvgIpc) is 2.37. The van der Waals surface area contributed by atoms with Crippen LogP contribution in [0.1, 0.15) is 10.4 Å². The molecule has 0 heterocycles. The lowest BCUT2D eigenvalue weighted by Crippen LogP contribution is -2.03. The van der Waals surface area contributed by atoms with E-state index in [1.165, 1.54) is 0 Å². The van der Waals surface area contributed by atoms with Gasteiger partial charge in [0, 0.05) is 11.6 Å². The van der Waals surface area contributed by atoms with Gasteiger partial charge in [0.1, 0.15) is 0 Å². The molecular weight excluding hydrogens is 232 g/mol. The lowest BCUT2D eigenvalue weighted by atomic mass is 10.0. The van der Waals surface area contributed by atoms with Crippen LogP contribution in [0, 0.1) is 0 Å². The van der Waals surface area contributed by atoms with E-state index in [1.54, 1.807) is 18.2 Å². The van der Waals surface area contributed by atoms with Crippen LogP contribution < -0.4 is 0 Å². The molecule has 0 radical (unpaired) electrons. The van der Waals surface area contributed by atoms with Crippen LogP contribution in [0.25, 0.3) is 10.8 Å². The normalized spacial score (nSPS) is 11.4. The van der Waals surface area contributed by atoms with E-state index in [1.807, 2.05) is 24.3 Å². The molecule has 0 bridgehead atoms. The Morgan fingerprint density at radius 3 is 2.28 bits per heavy atom. The quantitative estimate of drug-likeness (QED) is 0.492. The maximum atomic E-state index is 11.7. The van der Waals surface area contributed by atoms with E-state index < -0.39 is 17.5 Å². The number of hydrogen-bond donors (Lipinski definition) is 2. The molecule has 18 heavy (non-hydrogen) atoms. The molecule has 0 saturated heterocycles. The fraction of sp³-hybridized carbons (Fsp3) is 0. The summed E-state index contributed by atoms with van der Waals surface area (Å²) in [4.78, 5) is 22.1. The number of rotatable bonds is 3.